The van der Waals surface area contributed by atoms with Crippen molar-refractivity contribution in [2.45, 2.75) is 52.4 Å². The van der Waals surface area contributed by atoms with Gasteiger partial charge in [-0.15, -0.1) is 0 Å². The van der Waals surface area contributed by atoms with Gasteiger partial charge in [0.1, 0.15) is 6.54 Å². The highest BCUT2D eigenvalue weighted by Crippen LogP contribution is 2.40. The molecule has 1 aliphatic carbocycles. The number of ether oxygens (including phenoxy) is 1. The second kappa shape index (κ2) is 11.7. The van der Waals surface area contributed by atoms with Gasteiger partial charge in [-0.2, -0.15) is 0 Å². The molecule has 2 rings (SSSR count). The first kappa shape index (κ1) is 22.2. The van der Waals surface area contributed by atoms with Crippen LogP contribution in [0.1, 0.15) is 51.5 Å². The van der Waals surface area contributed by atoms with E-state index in [4.69, 9.17) is 4.74 Å². The molecule has 0 aromatic heterocycles. The maximum absolute atomic E-state index is 12.3. The number of aryl methyl sites for hydroxylation is 1. The van der Waals surface area contributed by atoms with Crippen LogP contribution < -0.4 is 16.0 Å². The number of anilines is 1. The Morgan fingerprint density at radius 1 is 1.21 bits per heavy atom. The molecular weight excluding hydrogens is 352 g/mol. The predicted octanol–water partition coefficient (Wildman–Crippen LogP) is 3.34. The SMILES string of the molecule is CCNC(=NCC(=O)Nc1cccc(CC)c1)NCC1(CCOC)CCCC1. The molecular formula is C22H36N4O2. The highest BCUT2D eigenvalue weighted by atomic mass is 16.5. The molecule has 0 atom stereocenters. The molecule has 1 aromatic carbocycles. The Morgan fingerprint density at radius 2 is 2.00 bits per heavy atom. The van der Waals surface area contributed by atoms with E-state index in [1.165, 1.54) is 31.2 Å². The number of hydrogen-bond donors (Lipinski definition) is 3. The fraction of sp³-hybridized carbons (Fsp3) is 0.636. The monoisotopic (exact) mass is 388 g/mol. The quantitative estimate of drug-likeness (QED) is 0.424. The molecule has 0 radical (unpaired) electrons. The van der Waals surface area contributed by atoms with Gasteiger partial charge in [0.05, 0.1) is 0 Å². The Bertz CT molecular complexity index is 639. The zero-order chi connectivity index (χ0) is 20.2. The topological polar surface area (TPSA) is 74.8 Å². The number of benzene rings is 1. The van der Waals surface area contributed by atoms with Crippen LogP contribution in [0.3, 0.4) is 0 Å². The number of nitrogens with one attached hydrogen (secondary N) is 3. The van der Waals surface area contributed by atoms with Crippen LogP contribution in [0.15, 0.2) is 29.3 Å². The van der Waals surface area contributed by atoms with Gasteiger partial charge in [0.25, 0.3) is 0 Å². The second-order valence-corrected chi connectivity index (χ2v) is 7.60. The average molecular weight is 389 g/mol. The Hall–Kier alpha value is -2.08. The van der Waals surface area contributed by atoms with Gasteiger partial charge >= 0.3 is 0 Å². The second-order valence-electron chi connectivity index (χ2n) is 7.60. The molecule has 28 heavy (non-hydrogen) atoms. The lowest BCUT2D eigenvalue weighted by molar-refractivity contribution is -0.114. The van der Waals surface area contributed by atoms with Gasteiger partial charge in [-0.1, -0.05) is 31.9 Å². The molecule has 0 saturated heterocycles. The zero-order valence-corrected chi connectivity index (χ0v) is 17.6. The van der Waals surface area contributed by atoms with E-state index in [1.807, 2.05) is 25.1 Å². The lowest BCUT2D eigenvalue weighted by Gasteiger charge is -2.30. The van der Waals surface area contributed by atoms with Crippen molar-refractivity contribution >= 4 is 17.6 Å². The number of aliphatic imine (C=N–C) groups is 1. The molecule has 0 unspecified atom stereocenters. The molecule has 3 N–H and O–H groups in total. The molecule has 0 heterocycles. The van der Waals surface area contributed by atoms with E-state index in [9.17, 15) is 4.79 Å². The number of methoxy groups -OCH3 is 1. The van der Waals surface area contributed by atoms with E-state index in [0.29, 0.717) is 5.96 Å². The van der Waals surface area contributed by atoms with Crippen LogP contribution in [0.5, 0.6) is 0 Å². The largest absolute Gasteiger partial charge is 0.385 e. The van der Waals surface area contributed by atoms with Crippen LogP contribution >= 0.6 is 0 Å². The van der Waals surface area contributed by atoms with E-state index < -0.39 is 0 Å². The third-order valence-electron chi connectivity index (χ3n) is 5.48. The number of carbonyl (C=O) groups excluding carboxylic acids is 1. The maximum atomic E-state index is 12.3. The summed E-state index contributed by atoms with van der Waals surface area (Å²) in [6.07, 6.45) is 7.00. The molecule has 0 aliphatic heterocycles. The van der Waals surface area contributed by atoms with Crippen molar-refractivity contribution in [2.75, 3.05) is 38.7 Å². The van der Waals surface area contributed by atoms with E-state index in [2.05, 4.69) is 33.9 Å². The summed E-state index contributed by atoms with van der Waals surface area (Å²) in [4.78, 5) is 16.8. The molecule has 6 nitrogen and oxygen atoms in total. The minimum absolute atomic E-state index is 0.0940. The van der Waals surface area contributed by atoms with Crippen molar-refractivity contribution in [2.24, 2.45) is 10.4 Å². The number of carbonyl (C=O) groups is 1. The summed E-state index contributed by atoms with van der Waals surface area (Å²) >= 11 is 0. The Labute approximate surface area is 169 Å². The van der Waals surface area contributed by atoms with Crippen LogP contribution in [0.4, 0.5) is 5.69 Å². The summed E-state index contributed by atoms with van der Waals surface area (Å²) in [5.41, 5.74) is 2.30. The molecule has 1 amide bonds. The van der Waals surface area contributed by atoms with E-state index >= 15 is 0 Å². The predicted molar refractivity (Wildman–Crippen MR) is 116 cm³/mol. The van der Waals surface area contributed by atoms with Gasteiger partial charge < -0.3 is 20.7 Å². The smallest absolute Gasteiger partial charge is 0.246 e. The molecule has 1 saturated carbocycles. The first-order chi connectivity index (χ1) is 13.6. The number of rotatable bonds is 10. The minimum atomic E-state index is -0.111. The average Bonchev–Trinajstić information content (AvgIpc) is 3.18. The lowest BCUT2D eigenvalue weighted by atomic mass is 9.83. The fourth-order valence-corrected chi connectivity index (χ4v) is 3.79. The van der Waals surface area contributed by atoms with Gasteiger partial charge in [0.2, 0.25) is 5.91 Å². The van der Waals surface area contributed by atoms with Crippen molar-refractivity contribution in [3.8, 4) is 0 Å². The molecule has 1 aromatic rings. The van der Waals surface area contributed by atoms with Crippen LogP contribution in [-0.2, 0) is 16.0 Å². The first-order valence-corrected chi connectivity index (χ1v) is 10.5. The van der Waals surface area contributed by atoms with Gasteiger partial charge in [-0.3, -0.25) is 4.79 Å². The van der Waals surface area contributed by atoms with Crippen LogP contribution in [0.2, 0.25) is 0 Å². The first-order valence-electron chi connectivity index (χ1n) is 10.5. The molecule has 6 heteroatoms. The number of hydrogen-bond acceptors (Lipinski definition) is 3. The molecule has 1 fully saturated rings. The maximum Gasteiger partial charge on any atom is 0.246 e. The third kappa shape index (κ3) is 7.15. The van der Waals surface area contributed by atoms with Crippen LogP contribution in [0.25, 0.3) is 0 Å². The summed E-state index contributed by atoms with van der Waals surface area (Å²) < 4.78 is 5.31. The summed E-state index contributed by atoms with van der Waals surface area (Å²) in [6, 6.07) is 7.93. The molecule has 0 spiro atoms. The van der Waals surface area contributed by atoms with Gasteiger partial charge in [0, 0.05) is 32.5 Å². The van der Waals surface area contributed by atoms with Crippen molar-refractivity contribution in [3.63, 3.8) is 0 Å². The zero-order valence-electron chi connectivity index (χ0n) is 17.6. The number of nitrogens with zero attached hydrogens (tertiary/aromatic N) is 1. The summed E-state index contributed by atoms with van der Waals surface area (Å²) in [5, 5.41) is 9.63. The van der Waals surface area contributed by atoms with Crippen LogP contribution in [-0.4, -0.2) is 45.2 Å². The lowest BCUT2D eigenvalue weighted by Crippen LogP contribution is -2.43. The van der Waals surface area contributed by atoms with Gasteiger partial charge in [-0.05, 0) is 55.7 Å². The van der Waals surface area contributed by atoms with Crippen molar-refractivity contribution < 1.29 is 9.53 Å². The van der Waals surface area contributed by atoms with Gasteiger partial charge in [0.15, 0.2) is 5.96 Å². The molecule has 0 bridgehead atoms. The van der Waals surface area contributed by atoms with E-state index in [0.717, 1.165) is 38.2 Å². The van der Waals surface area contributed by atoms with Gasteiger partial charge in [-0.25, -0.2) is 4.99 Å². The Kier molecular flexibility index (Phi) is 9.28. The highest BCUT2D eigenvalue weighted by molar-refractivity contribution is 5.94. The Morgan fingerprint density at radius 3 is 2.68 bits per heavy atom. The summed E-state index contributed by atoms with van der Waals surface area (Å²) in [5.74, 6) is 0.587. The third-order valence-corrected chi connectivity index (χ3v) is 5.48. The minimum Gasteiger partial charge on any atom is -0.385 e. The highest BCUT2D eigenvalue weighted by Gasteiger charge is 2.33. The van der Waals surface area contributed by atoms with Crippen molar-refractivity contribution in [1.29, 1.82) is 0 Å². The molecule has 156 valence electrons. The summed E-state index contributed by atoms with van der Waals surface area (Å²) in [7, 11) is 1.76. The van der Waals surface area contributed by atoms with Crippen molar-refractivity contribution in [3.05, 3.63) is 29.8 Å². The standard InChI is InChI=1S/C22H36N4O2/c1-4-18-9-8-10-19(15-18)26-20(27)16-24-21(23-5-2)25-17-22(13-14-28-3)11-6-7-12-22/h8-10,15H,4-7,11-14,16-17H2,1-3H3,(H,26,27)(H2,23,24,25). The fourth-order valence-electron chi connectivity index (χ4n) is 3.79. The molecule has 1 aliphatic rings. The van der Waals surface area contributed by atoms with Crippen LogP contribution in [0, 0.1) is 5.41 Å². The number of guanidine groups is 1. The van der Waals surface area contributed by atoms with Crippen molar-refractivity contribution in [1.82, 2.24) is 10.6 Å². The normalized spacial score (nSPS) is 16.0. The van der Waals surface area contributed by atoms with E-state index in [1.54, 1.807) is 7.11 Å². The summed E-state index contributed by atoms with van der Waals surface area (Å²) in [6.45, 7) is 6.64. The van der Waals surface area contributed by atoms with E-state index in [-0.39, 0.29) is 17.9 Å². The number of amides is 1. The Balaban J connectivity index is 1.90.